The van der Waals surface area contributed by atoms with Gasteiger partial charge in [0.05, 0.1) is 6.61 Å². The van der Waals surface area contributed by atoms with Crippen LogP contribution < -0.4 is 5.73 Å². The Hall–Kier alpha value is -0.120. The van der Waals surface area contributed by atoms with E-state index in [-0.39, 0.29) is 5.41 Å². The van der Waals surface area contributed by atoms with Crippen LogP contribution in [0.25, 0.3) is 0 Å². The van der Waals surface area contributed by atoms with Crippen molar-refractivity contribution < 1.29 is 9.47 Å². The molecule has 2 aliphatic rings. The molecule has 2 N–H and O–H groups in total. The van der Waals surface area contributed by atoms with Crippen molar-refractivity contribution in [2.45, 2.75) is 25.7 Å². The second-order valence-electron chi connectivity index (χ2n) is 4.79. The predicted molar refractivity (Wildman–Crippen MR) is 55.1 cm³/mol. The van der Waals surface area contributed by atoms with Crippen molar-refractivity contribution in [1.82, 2.24) is 0 Å². The van der Waals surface area contributed by atoms with Crippen LogP contribution in [0.5, 0.6) is 0 Å². The lowest BCUT2D eigenvalue weighted by Gasteiger charge is -2.37. The summed E-state index contributed by atoms with van der Waals surface area (Å²) < 4.78 is 11.0. The third-order valence-corrected chi connectivity index (χ3v) is 3.58. The Bertz CT molecular complexity index is 172. The van der Waals surface area contributed by atoms with E-state index in [2.05, 4.69) is 0 Å². The highest BCUT2D eigenvalue weighted by Crippen LogP contribution is 2.36. The van der Waals surface area contributed by atoms with Crippen LogP contribution >= 0.6 is 0 Å². The average Bonchev–Trinajstić information content (AvgIpc) is 2.72. The molecule has 2 fully saturated rings. The van der Waals surface area contributed by atoms with Gasteiger partial charge in [0.15, 0.2) is 0 Å². The lowest BCUT2D eigenvalue weighted by Crippen LogP contribution is -2.40. The monoisotopic (exact) mass is 199 g/mol. The Balaban J connectivity index is 1.89. The molecule has 0 spiro atoms. The molecule has 2 atom stereocenters. The van der Waals surface area contributed by atoms with Crippen molar-refractivity contribution in [1.29, 1.82) is 0 Å². The number of hydrogen-bond donors (Lipinski definition) is 1. The van der Waals surface area contributed by atoms with E-state index in [1.165, 1.54) is 25.7 Å². The van der Waals surface area contributed by atoms with Gasteiger partial charge in [0.25, 0.3) is 0 Å². The van der Waals surface area contributed by atoms with E-state index >= 15 is 0 Å². The van der Waals surface area contributed by atoms with E-state index in [0.29, 0.717) is 0 Å². The first-order valence-electron chi connectivity index (χ1n) is 5.70. The maximum atomic E-state index is 5.90. The molecule has 14 heavy (non-hydrogen) atoms. The normalized spacial score (nSPS) is 38.8. The van der Waals surface area contributed by atoms with Crippen LogP contribution in [-0.2, 0) is 9.47 Å². The molecule has 2 heterocycles. The van der Waals surface area contributed by atoms with Crippen molar-refractivity contribution in [3.63, 3.8) is 0 Å². The minimum Gasteiger partial charge on any atom is -0.381 e. The second kappa shape index (κ2) is 4.60. The zero-order chi connectivity index (χ0) is 9.86. The van der Waals surface area contributed by atoms with Crippen molar-refractivity contribution in [2.24, 2.45) is 17.1 Å². The lowest BCUT2D eigenvalue weighted by atomic mass is 9.75. The van der Waals surface area contributed by atoms with Gasteiger partial charge in [-0.2, -0.15) is 0 Å². The zero-order valence-electron chi connectivity index (χ0n) is 8.84. The van der Waals surface area contributed by atoms with E-state index in [9.17, 15) is 0 Å². The minimum atomic E-state index is 0.261. The molecule has 2 saturated heterocycles. The third kappa shape index (κ3) is 2.27. The molecule has 0 radical (unpaired) electrons. The topological polar surface area (TPSA) is 44.5 Å². The number of rotatable bonds is 3. The van der Waals surface area contributed by atoms with E-state index in [0.717, 1.165) is 38.9 Å². The van der Waals surface area contributed by atoms with Gasteiger partial charge in [-0.3, -0.25) is 0 Å². The summed E-state index contributed by atoms with van der Waals surface area (Å²) in [7, 11) is 0. The molecule has 3 heteroatoms. The number of ether oxygens (including phenoxy) is 2. The smallest absolute Gasteiger partial charge is 0.0534 e. The van der Waals surface area contributed by atoms with Crippen molar-refractivity contribution in [3.8, 4) is 0 Å². The molecule has 0 aromatic rings. The molecule has 0 saturated carbocycles. The van der Waals surface area contributed by atoms with E-state index < -0.39 is 0 Å². The quantitative estimate of drug-likeness (QED) is 0.742. The van der Waals surface area contributed by atoms with Crippen molar-refractivity contribution >= 4 is 0 Å². The second-order valence-corrected chi connectivity index (χ2v) is 4.79. The van der Waals surface area contributed by atoms with Gasteiger partial charge in [-0.25, -0.2) is 0 Å². The van der Waals surface area contributed by atoms with Crippen LogP contribution in [0.4, 0.5) is 0 Å². The van der Waals surface area contributed by atoms with Crippen molar-refractivity contribution in [3.05, 3.63) is 0 Å². The van der Waals surface area contributed by atoms with Gasteiger partial charge in [-0.05, 0) is 31.6 Å². The Labute approximate surface area is 85.9 Å². The summed E-state index contributed by atoms with van der Waals surface area (Å²) in [5.41, 5.74) is 6.16. The van der Waals surface area contributed by atoms with Gasteiger partial charge in [-0.1, -0.05) is 0 Å². The van der Waals surface area contributed by atoms with Gasteiger partial charge in [0.2, 0.25) is 0 Å². The molecule has 0 aromatic heterocycles. The number of nitrogens with two attached hydrogens (primary N) is 1. The predicted octanol–water partition coefficient (Wildman–Crippen LogP) is 1.17. The van der Waals surface area contributed by atoms with E-state index in [1.54, 1.807) is 0 Å². The molecule has 2 unspecified atom stereocenters. The molecule has 3 nitrogen and oxygen atoms in total. The van der Waals surface area contributed by atoms with Crippen LogP contribution in [0.1, 0.15) is 25.7 Å². The highest BCUT2D eigenvalue weighted by Gasteiger charge is 2.35. The molecule has 0 aromatic carbocycles. The first-order chi connectivity index (χ1) is 6.85. The molecule has 0 aliphatic carbocycles. The van der Waals surface area contributed by atoms with Crippen molar-refractivity contribution in [2.75, 3.05) is 33.0 Å². The standard InChI is InChI=1S/C11H21NO2/c12-8-11(3-1-4-14-9-11)6-10-2-5-13-7-10/h10H,1-9,12H2. The summed E-state index contributed by atoms with van der Waals surface area (Å²) in [4.78, 5) is 0. The minimum absolute atomic E-state index is 0.261. The van der Waals surface area contributed by atoms with Crippen LogP contribution in [0.3, 0.4) is 0 Å². The Morgan fingerprint density at radius 2 is 2.21 bits per heavy atom. The number of hydrogen-bond acceptors (Lipinski definition) is 3. The Morgan fingerprint density at radius 3 is 2.79 bits per heavy atom. The van der Waals surface area contributed by atoms with Gasteiger partial charge < -0.3 is 15.2 Å². The molecule has 2 aliphatic heterocycles. The maximum absolute atomic E-state index is 5.90. The van der Waals surface area contributed by atoms with Gasteiger partial charge in [0, 0.05) is 31.8 Å². The fourth-order valence-electron chi connectivity index (χ4n) is 2.67. The van der Waals surface area contributed by atoms with Crippen LogP contribution in [0.15, 0.2) is 0 Å². The summed E-state index contributed by atoms with van der Waals surface area (Å²) in [5.74, 6) is 0.722. The highest BCUT2D eigenvalue weighted by molar-refractivity contribution is 4.86. The van der Waals surface area contributed by atoms with Crippen LogP contribution in [0.2, 0.25) is 0 Å². The third-order valence-electron chi connectivity index (χ3n) is 3.58. The molecular formula is C11H21NO2. The van der Waals surface area contributed by atoms with Crippen LogP contribution in [-0.4, -0.2) is 33.0 Å². The maximum Gasteiger partial charge on any atom is 0.0534 e. The summed E-state index contributed by atoms with van der Waals surface area (Å²) in [6.45, 7) is 4.42. The largest absolute Gasteiger partial charge is 0.381 e. The first-order valence-corrected chi connectivity index (χ1v) is 5.70. The molecule has 82 valence electrons. The summed E-state index contributed by atoms with van der Waals surface area (Å²) in [6, 6.07) is 0. The SMILES string of the molecule is NCC1(CC2CCOC2)CCCOC1. The Kier molecular flexibility index (Phi) is 3.42. The van der Waals surface area contributed by atoms with Gasteiger partial charge >= 0.3 is 0 Å². The van der Waals surface area contributed by atoms with E-state index in [4.69, 9.17) is 15.2 Å². The first kappa shape index (κ1) is 10.4. The van der Waals surface area contributed by atoms with E-state index in [1.807, 2.05) is 0 Å². The molecule has 0 amide bonds. The van der Waals surface area contributed by atoms with Crippen LogP contribution in [0, 0.1) is 11.3 Å². The molecule has 2 rings (SSSR count). The fourth-order valence-corrected chi connectivity index (χ4v) is 2.67. The molecular weight excluding hydrogens is 178 g/mol. The highest BCUT2D eigenvalue weighted by atomic mass is 16.5. The average molecular weight is 199 g/mol. The summed E-state index contributed by atoms with van der Waals surface area (Å²) in [5, 5.41) is 0. The Morgan fingerprint density at radius 1 is 1.29 bits per heavy atom. The van der Waals surface area contributed by atoms with Gasteiger partial charge in [0.1, 0.15) is 0 Å². The fraction of sp³-hybridized carbons (Fsp3) is 1.00. The van der Waals surface area contributed by atoms with Gasteiger partial charge in [-0.15, -0.1) is 0 Å². The lowest BCUT2D eigenvalue weighted by molar-refractivity contribution is -0.0166. The summed E-state index contributed by atoms with van der Waals surface area (Å²) in [6.07, 6.45) is 4.82. The summed E-state index contributed by atoms with van der Waals surface area (Å²) >= 11 is 0. The molecule has 0 bridgehead atoms. The zero-order valence-corrected chi connectivity index (χ0v) is 8.84.